The van der Waals surface area contributed by atoms with Gasteiger partial charge in [0.2, 0.25) is 5.91 Å². The van der Waals surface area contributed by atoms with Crippen molar-refractivity contribution >= 4 is 40.0 Å². The topological polar surface area (TPSA) is 112 Å². The number of fused-ring (bicyclic) bond motifs is 1. The molecular weight excluding hydrogens is 488 g/mol. The van der Waals surface area contributed by atoms with Crippen molar-refractivity contribution in [1.29, 1.82) is 0 Å². The van der Waals surface area contributed by atoms with Crippen LogP contribution in [0.5, 0.6) is 5.75 Å². The van der Waals surface area contributed by atoms with Gasteiger partial charge in [-0.3, -0.25) is 28.4 Å². The van der Waals surface area contributed by atoms with Crippen LogP contribution in [0.3, 0.4) is 0 Å². The van der Waals surface area contributed by atoms with E-state index in [2.05, 4.69) is 5.32 Å². The Bertz CT molecular complexity index is 1380. The molecule has 1 N–H and O–H groups in total. The summed E-state index contributed by atoms with van der Waals surface area (Å²) < 4.78 is 7.38. The number of rotatable bonds is 10. The number of hydrogen-bond acceptors (Lipinski definition) is 6. The monoisotopic (exact) mass is 516 g/mol. The molecule has 0 radical (unpaired) electrons. The molecule has 0 aliphatic heterocycles. The molecule has 0 unspecified atom stereocenters. The SMILES string of the molecule is COc1ccc(N(OC)C(=O)Cn2c(=O)n(CCNC(=O)CC(C)C)c(=O)c3ccccc32)cc1Cl. The van der Waals surface area contributed by atoms with Gasteiger partial charge in [-0.15, -0.1) is 0 Å². The highest BCUT2D eigenvalue weighted by molar-refractivity contribution is 6.32. The number of nitrogens with one attached hydrogen (secondary N) is 1. The smallest absolute Gasteiger partial charge is 0.332 e. The van der Waals surface area contributed by atoms with Gasteiger partial charge in [0.1, 0.15) is 12.3 Å². The first kappa shape index (κ1) is 27.0. The van der Waals surface area contributed by atoms with Gasteiger partial charge in [-0.1, -0.05) is 37.6 Å². The van der Waals surface area contributed by atoms with Crippen LogP contribution in [0.15, 0.2) is 52.1 Å². The molecule has 0 saturated heterocycles. The Kier molecular flexibility index (Phi) is 8.89. The number of hydrogen-bond donors (Lipinski definition) is 1. The first-order valence-corrected chi connectivity index (χ1v) is 11.7. The average Bonchev–Trinajstić information content (AvgIpc) is 2.84. The average molecular weight is 517 g/mol. The minimum atomic E-state index is -0.672. The number of carbonyl (C=O) groups is 2. The standard InChI is InChI=1S/C25H29ClN4O6/c1-16(2)13-22(31)27-11-12-28-24(33)18-7-5-6-8-20(18)29(25(28)34)15-23(32)30(36-4)17-9-10-21(35-3)19(26)14-17/h5-10,14,16H,11-13,15H2,1-4H3,(H,27,31). The molecule has 0 aliphatic rings. The molecule has 1 heterocycles. The lowest BCUT2D eigenvalue weighted by Gasteiger charge is -2.22. The van der Waals surface area contributed by atoms with Crippen LogP contribution >= 0.6 is 11.6 Å². The molecule has 3 aromatic rings. The molecule has 3 rings (SSSR count). The van der Waals surface area contributed by atoms with Crippen molar-refractivity contribution in [3.8, 4) is 5.75 Å². The fourth-order valence-corrected chi connectivity index (χ4v) is 4.06. The van der Waals surface area contributed by atoms with Gasteiger partial charge < -0.3 is 10.1 Å². The van der Waals surface area contributed by atoms with Crippen LogP contribution in [0.25, 0.3) is 10.9 Å². The number of amides is 2. The molecule has 1 aromatic heterocycles. The molecule has 192 valence electrons. The van der Waals surface area contributed by atoms with Crippen LogP contribution in [0, 0.1) is 5.92 Å². The maximum atomic E-state index is 13.3. The quantitative estimate of drug-likeness (QED) is 0.414. The maximum absolute atomic E-state index is 13.3. The van der Waals surface area contributed by atoms with Crippen molar-refractivity contribution in [3.63, 3.8) is 0 Å². The lowest BCUT2D eigenvalue weighted by Crippen LogP contribution is -2.45. The second-order valence-corrected chi connectivity index (χ2v) is 8.89. The molecule has 10 nitrogen and oxygen atoms in total. The zero-order valence-electron chi connectivity index (χ0n) is 20.6. The van der Waals surface area contributed by atoms with Gasteiger partial charge in [-0.25, -0.2) is 4.79 Å². The Morgan fingerprint density at radius 2 is 1.81 bits per heavy atom. The number of ether oxygens (including phenoxy) is 1. The fourth-order valence-electron chi connectivity index (χ4n) is 3.80. The van der Waals surface area contributed by atoms with Crippen molar-refractivity contribution in [3.05, 3.63) is 68.3 Å². The zero-order valence-corrected chi connectivity index (χ0v) is 21.4. The number of aromatic nitrogens is 2. The van der Waals surface area contributed by atoms with E-state index in [1.807, 2.05) is 13.8 Å². The number of nitrogens with zero attached hydrogens (tertiary/aromatic N) is 3. The highest BCUT2D eigenvalue weighted by Crippen LogP contribution is 2.29. The van der Waals surface area contributed by atoms with Crippen LogP contribution in [-0.2, 0) is 27.5 Å². The zero-order chi connectivity index (χ0) is 26.4. The lowest BCUT2D eigenvalue weighted by molar-refractivity contribution is -0.125. The van der Waals surface area contributed by atoms with E-state index in [0.29, 0.717) is 23.4 Å². The minimum absolute atomic E-state index is 0.0391. The van der Waals surface area contributed by atoms with Crippen molar-refractivity contribution < 1.29 is 19.2 Å². The molecule has 0 saturated carbocycles. The molecule has 0 aliphatic carbocycles. The highest BCUT2D eigenvalue weighted by Gasteiger charge is 2.21. The fraction of sp³-hybridized carbons (Fsp3) is 0.360. The number of carbonyl (C=O) groups excluding carboxylic acids is 2. The Hall–Kier alpha value is -3.63. The van der Waals surface area contributed by atoms with Crippen LogP contribution in [0.2, 0.25) is 5.02 Å². The highest BCUT2D eigenvalue weighted by atomic mass is 35.5. The first-order valence-electron chi connectivity index (χ1n) is 11.4. The molecule has 0 fully saturated rings. The van der Waals surface area contributed by atoms with Crippen molar-refractivity contribution in [2.45, 2.75) is 33.4 Å². The predicted molar refractivity (Wildman–Crippen MR) is 137 cm³/mol. The molecule has 0 bridgehead atoms. The van der Waals surface area contributed by atoms with E-state index >= 15 is 0 Å². The van der Waals surface area contributed by atoms with Crippen LogP contribution in [-0.4, -0.2) is 41.7 Å². The van der Waals surface area contributed by atoms with E-state index in [0.717, 1.165) is 9.63 Å². The molecular formula is C25H29ClN4O6. The summed E-state index contributed by atoms with van der Waals surface area (Å²) in [4.78, 5) is 56.9. The summed E-state index contributed by atoms with van der Waals surface area (Å²) >= 11 is 6.19. The third-order valence-corrected chi connectivity index (χ3v) is 5.75. The minimum Gasteiger partial charge on any atom is -0.495 e. The summed E-state index contributed by atoms with van der Waals surface area (Å²) in [5.74, 6) is -0.121. The third kappa shape index (κ3) is 5.95. The van der Waals surface area contributed by atoms with Gasteiger partial charge in [-0.05, 0) is 36.2 Å². The normalized spacial score (nSPS) is 11.1. The van der Waals surface area contributed by atoms with Gasteiger partial charge in [0.25, 0.3) is 11.5 Å². The van der Waals surface area contributed by atoms with E-state index in [-0.39, 0.29) is 35.3 Å². The van der Waals surface area contributed by atoms with Gasteiger partial charge in [0, 0.05) is 19.5 Å². The Balaban J connectivity index is 1.95. The summed E-state index contributed by atoms with van der Waals surface area (Å²) in [6.07, 6.45) is 0.341. The number of hydroxylamine groups is 1. The van der Waals surface area contributed by atoms with E-state index in [1.54, 1.807) is 36.4 Å². The van der Waals surface area contributed by atoms with E-state index in [9.17, 15) is 19.2 Å². The van der Waals surface area contributed by atoms with Gasteiger partial charge >= 0.3 is 5.69 Å². The second-order valence-electron chi connectivity index (χ2n) is 8.48. The van der Waals surface area contributed by atoms with Crippen molar-refractivity contribution in [1.82, 2.24) is 14.5 Å². The van der Waals surface area contributed by atoms with E-state index < -0.39 is 23.7 Å². The summed E-state index contributed by atoms with van der Waals surface area (Å²) in [6, 6.07) is 11.2. The van der Waals surface area contributed by atoms with Crippen LogP contribution < -0.4 is 26.4 Å². The predicted octanol–water partition coefficient (Wildman–Crippen LogP) is 2.58. The number of halogens is 1. The van der Waals surface area contributed by atoms with Crippen LogP contribution in [0.1, 0.15) is 20.3 Å². The maximum Gasteiger partial charge on any atom is 0.332 e. The molecule has 0 atom stereocenters. The lowest BCUT2D eigenvalue weighted by atomic mass is 10.1. The molecule has 36 heavy (non-hydrogen) atoms. The first-order chi connectivity index (χ1) is 17.2. The second kappa shape index (κ2) is 11.9. The third-order valence-electron chi connectivity index (χ3n) is 5.46. The Morgan fingerprint density at radius 1 is 1.08 bits per heavy atom. The largest absolute Gasteiger partial charge is 0.495 e. The summed E-state index contributed by atoms with van der Waals surface area (Å²) in [7, 11) is 2.79. The number of benzene rings is 2. The molecule has 2 amide bonds. The number of methoxy groups -OCH3 is 1. The van der Waals surface area contributed by atoms with Crippen molar-refractivity contribution in [2.24, 2.45) is 5.92 Å². The molecule has 0 spiro atoms. The van der Waals surface area contributed by atoms with Gasteiger partial charge in [0.15, 0.2) is 0 Å². The number of anilines is 1. The van der Waals surface area contributed by atoms with Crippen molar-refractivity contribution in [2.75, 3.05) is 25.8 Å². The van der Waals surface area contributed by atoms with E-state index in [1.165, 1.54) is 24.9 Å². The summed E-state index contributed by atoms with van der Waals surface area (Å²) in [5.41, 5.74) is -0.520. The Morgan fingerprint density at radius 3 is 2.44 bits per heavy atom. The molecule has 2 aromatic carbocycles. The Labute approximate surface area is 212 Å². The van der Waals surface area contributed by atoms with E-state index in [4.69, 9.17) is 21.2 Å². The number of para-hydroxylation sites is 1. The molecule has 11 heteroatoms. The van der Waals surface area contributed by atoms with Gasteiger partial charge in [0.05, 0.1) is 35.8 Å². The summed E-state index contributed by atoms with van der Waals surface area (Å²) in [6.45, 7) is 3.50. The van der Waals surface area contributed by atoms with Gasteiger partial charge in [-0.2, -0.15) is 5.06 Å². The summed E-state index contributed by atoms with van der Waals surface area (Å²) in [5, 5.41) is 4.28. The van der Waals surface area contributed by atoms with Crippen LogP contribution in [0.4, 0.5) is 5.69 Å².